The second-order valence-corrected chi connectivity index (χ2v) is 4.00. The molecule has 2 heterocycles. The zero-order valence-electron chi connectivity index (χ0n) is 9.76. The summed E-state index contributed by atoms with van der Waals surface area (Å²) in [6, 6.07) is 2.98. The van der Waals surface area contributed by atoms with Gasteiger partial charge < -0.3 is 15.5 Å². The summed E-state index contributed by atoms with van der Waals surface area (Å²) in [5.41, 5.74) is 2.32. The van der Waals surface area contributed by atoms with E-state index in [0.29, 0.717) is 19.0 Å². The Hall–Kier alpha value is -1.93. The zero-order valence-corrected chi connectivity index (χ0v) is 9.76. The van der Waals surface area contributed by atoms with Gasteiger partial charge >= 0.3 is 5.69 Å². The molecule has 0 aliphatic carbocycles. The van der Waals surface area contributed by atoms with Crippen molar-refractivity contribution >= 4 is 17.3 Å². The van der Waals surface area contributed by atoms with E-state index in [1.807, 2.05) is 0 Å². The number of aromatic nitrogens is 1. The van der Waals surface area contributed by atoms with Gasteiger partial charge in [-0.3, -0.25) is 10.1 Å². The molecule has 0 atom stereocenters. The van der Waals surface area contributed by atoms with Crippen molar-refractivity contribution in [1.82, 2.24) is 4.98 Å². The van der Waals surface area contributed by atoms with Crippen LogP contribution in [0.1, 0.15) is 12.8 Å². The van der Waals surface area contributed by atoms with Gasteiger partial charge in [-0.15, -0.1) is 0 Å². The lowest BCUT2D eigenvalue weighted by Crippen LogP contribution is -2.28. The third kappa shape index (κ3) is 2.84. The number of hydrogen-bond acceptors (Lipinski definition) is 7. The Morgan fingerprint density at radius 3 is 2.78 bits per heavy atom. The van der Waals surface area contributed by atoms with Crippen LogP contribution >= 0.6 is 0 Å². The number of anilines is 2. The second-order valence-electron chi connectivity index (χ2n) is 4.00. The molecule has 0 radical (unpaired) electrons. The molecule has 0 unspecified atom stereocenters. The van der Waals surface area contributed by atoms with Gasteiger partial charge in [0.15, 0.2) is 0 Å². The van der Waals surface area contributed by atoms with Crippen LogP contribution < -0.4 is 16.6 Å². The zero-order chi connectivity index (χ0) is 13.0. The second kappa shape index (κ2) is 5.61. The number of hydrazine groups is 1. The van der Waals surface area contributed by atoms with E-state index in [1.54, 1.807) is 0 Å². The summed E-state index contributed by atoms with van der Waals surface area (Å²) < 4.78 is 5.23. The molecule has 4 N–H and O–H groups in total. The van der Waals surface area contributed by atoms with E-state index in [-0.39, 0.29) is 17.5 Å². The van der Waals surface area contributed by atoms with Gasteiger partial charge in [-0.25, -0.2) is 10.8 Å². The van der Waals surface area contributed by atoms with Crippen LogP contribution in [0.25, 0.3) is 0 Å². The van der Waals surface area contributed by atoms with Crippen molar-refractivity contribution in [3.8, 4) is 0 Å². The molecule has 2 rings (SSSR count). The van der Waals surface area contributed by atoms with Gasteiger partial charge in [-0.1, -0.05) is 0 Å². The molecule has 1 fully saturated rings. The average Bonchev–Trinajstić information content (AvgIpc) is 2.39. The van der Waals surface area contributed by atoms with Gasteiger partial charge in [-0.2, -0.15) is 0 Å². The fourth-order valence-electron chi connectivity index (χ4n) is 1.82. The van der Waals surface area contributed by atoms with Gasteiger partial charge in [0.2, 0.25) is 5.82 Å². The molecule has 8 nitrogen and oxygen atoms in total. The van der Waals surface area contributed by atoms with Gasteiger partial charge in [-0.05, 0) is 18.9 Å². The molecule has 18 heavy (non-hydrogen) atoms. The molecule has 0 spiro atoms. The summed E-state index contributed by atoms with van der Waals surface area (Å²) in [6.45, 7) is 1.31. The lowest BCUT2D eigenvalue weighted by atomic mass is 10.1. The molecule has 0 bridgehead atoms. The maximum Gasteiger partial charge on any atom is 0.311 e. The molecule has 8 heteroatoms. The average molecular weight is 253 g/mol. The number of hydrogen-bond donors (Lipinski definition) is 3. The standard InChI is InChI=1S/C10H15N5O3/c11-14-9-2-1-8(15(16)17)10(13-9)12-7-3-5-18-6-4-7/h1-2,7H,3-6,11H2,(H2,12,13,14). The number of nitrogens with zero attached hydrogens (tertiary/aromatic N) is 2. The number of pyridine rings is 1. The topological polar surface area (TPSA) is 115 Å². The third-order valence-corrected chi connectivity index (χ3v) is 2.78. The minimum Gasteiger partial charge on any atom is -0.381 e. The van der Waals surface area contributed by atoms with Gasteiger partial charge in [0.1, 0.15) is 5.82 Å². The number of ether oxygens (including phenoxy) is 1. The van der Waals surface area contributed by atoms with E-state index in [1.165, 1.54) is 12.1 Å². The first-order valence-corrected chi connectivity index (χ1v) is 5.67. The Morgan fingerprint density at radius 1 is 1.44 bits per heavy atom. The quantitative estimate of drug-likeness (QED) is 0.414. The number of rotatable bonds is 4. The maximum atomic E-state index is 10.9. The molecular formula is C10H15N5O3. The van der Waals surface area contributed by atoms with Crippen molar-refractivity contribution in [3.05, 3.63) is 22.2 Å². The first kappa shape index (κ1) is 12.5. The Labute approximate surface area is 104 Å². The highest BCUT2D eigenvalue weighted by atomic mass is 16.6. The Balaban J connectivity index is 2.19. The molecule has 0 amide bonds. The highest BCUT2D eigenvalue weighted by molar-refractivity contribution is 5.60. The summed E-state index contributed by atoms with van der Waals surface area (Å²) in [7, 11) is 0. The van der Waals surface area contributed by atoms with E-state index in [2.05, 4.69) is 15.7 Å². The van der Waals surface area contributed by atoms with Gasteiger partial charge in [0, 0.05) is 25.3 Å². The normalized spacial score (nSPS) is 16.3. The molecular weight excluding hydrogens is 238 g/mol. The highest BCUT2D eigenvalue weighted by Crippen LogP contribution is 2.25. The number of nitrogens with two attached hydrogens (primary N) is 1. The van der Waals surface area contributed by atoms with Crippen LogP contribution in [-0.4, -0.2) is 29.2 Å². The van der Waals surface area contributed by atoms with Crippen molar-refractivity contribution in [2.45, 2.75) is 18.9 Å². The lowest BCUT2D eigenvalue weighted by molar-refractivity contribution is -0.384. The highest BCUT2D eigenvalue weighted by Gasteiger charge is 2.20. The lowest BCUT2D eigenvalue weighted by Gasteiger charge is -2.23. The van der Waals surface area contributed by atoms with Crippen LogP contribution in [0.4, 0.5) is 17.3 Å². The van der Waals surface area contributed by atoms with Crippen molar-refractivity contribution in [3.63, 3.8) is 0 Å². The number of nitrogens with one attached hydrogen (secondary N) is 2. The van der Waals surface area contributed by atoms with Crippen LogP contribution in [-0.2, 0) is 4.74 Å². The Bertz CT molecular complexity index is 434. The minimum absolute atomic E-state index is 0.0551. The van der Waals surface area contributed by atoms with Crippen LogP contribution in [0.3, 0.4) is 0 Å². The molecule has 1 aromatic rings. The smallest absolute Gasteiger partial charge is 0.311 e. The molecule has 1 aliphatic heterocycles. The summed E-state index contributed by atoms with van der Waals surface area (Å²) in [4.78, 5) is 14.5. The van der Waals surface area contributed by atoms with Crippen molar-refractivity contribution in [2.75, 3.05) is 24.0 Å². The van der Waals surface area contributed by atoms with Crippen molar-refractivity contribution in [1.29, 1.82) is 0 Å². The van der Waals surface area contributed by atoms with Crippen LogP contribution in [0.5, 0.6) is 0 Å². The predicted octanol–water partition coefficient (Wildman–Crippen LogP) is 0.866. The molecule has 1 saturated heterocycles. The summed E-state index contributed by atoms with van der Waals surface area (Å²) in [5.74, 6) is 5.87. The first-order valence-electron chi connectivity index (χ1n) is 5.67. The van der Waals surface area contributed by atoms with E-state index in [9.17, 15) is 10.1 Å². The summed E-state index contributed by atoms with van der Waals surface area (Å²) >= 11 is 0. The van der Waals surface area contributed by atoms with Gasteiger partial charge in [0.25, 0.3) is 0 Å². The monoisotopic (exact) mass is 253 g/mol. The first-order chi connectivity index (χ1) is 8.70. The number of nitro groups is 1. The van der Waals surface area contributed by atoms with E-state index < -0.39 is 4.92 Å². The molecule has 1 aliphatic rings. The van der Waals surface area contributed by atoms with Crippen molar-refractivity contribution < 1.29 is 9.66 Å². The van der Waals surface area contributed by atoms with Crippen molar-refractivity contribution in [2.24, 2.45) is 5.84 Å². The molecule has 0 aromatic carbocycles. The number of nitrogen functional groups attached to an aromatic ring is 1. The molecule has 1 aromatic heterocycles. The SMILES string of the molecule is NNc1ccc([N+](=O)[O-])c(NC2CCOCC2)n1. The van der Waals surface area contributed by atoms with E-state index >= 15 is 0 Å². The molecule has 98 valence electrons. The molecule has 0 saturated carbocycles. The van der Waals surface area contributed by atoms with E-state index in [4.69, 9.17) is 10.6 Å². The Kier molecular flexibility index (Phi) is 3.90. The van der Waals surface area contributed by atoms with Crippen LogP contribution in [0, 0.1) is 10.1 Å². The van der Waals surface area contributed by atoms with Crippen LogP contribution in [0.2, 0.25) is 0 Å². The summed E-state index contributed by atoms with van der Waals surface area (Å²) in [5, 5.41) is 14.0. The fourth-order valence-corrected chi connectivity index (χ4v) is 1.82. The van der Waals surface area contributed by atoms with Crippen LogP contribution in [0.15, 0.2) is 12.1 Å². The third-order valence-electron chi connectivity index (χ3n) is 2.78. The predicted molar refractivity (Wildman–Crippen MR) is 66.2 cm³/mol. The Morgan fingerprint density at radius 2 is 2.17 bits per heavy atom. The summed E-state index contributed by atoms with van der Waals surface area (Å²) in [6.07, 6.45) is 1.61. The van der Waals surface area contributed by atoms with Gasteiger partial charge in [0.05, 0.1) is 4.92 Å². The maximum absolute atomic E-state index is 10.9. The minimum atomic E-state index is -0.463. The van der Waals surface area contributed by atoms with E-state index in [0.717, 1.165) is 12.8 Å². The fraction of sp³-hybridized carbons (Fsp3) is 0.500. The largest absolute Gasteiger partial charge is 0.381 e.